The minimum atomic E-state index is -0.180. The standard InChI is InChI=1S/C14H16BrN3O/c1-17-14(19)12-4-2-3-7-18(12)13-8-11(15)6-5-10(13)9-16/h5-6,8,12H,2-4,7H2,1H3,(H,17,19). The van der Waals surface area contributed by atoms with Crippen LogP contribution in [0.25, 0.3) is 0 Å². The summed E-state index contributed by atoms with van der Waals surface area (Å²) < 4.78 is 0.919. The molecule has 1 unspecified atom stereocenters. The third-order valence-electron chi connectivity index (χ3n) is 3.44. The highest BCUT2D eigenvalue weighted by Gasteiger charge is 2.29. The summed E-state index contributed by atoms with van der Waals surface area (Å²) in [7, 11) is 1.65. The molecule has 1 N–H and O–H groups in total. The zero-order chi connectivity index (χ0) is 13.8. The zero-order valence-electron chi connectivity index (χ0n) is 10.8. The SMILES string of the molecule is CNC(=O)C1CCCCN1c1cc(Br)ccc1C#N. The molecule has 1 aliphatic rings. The third-order valence-corrected chi connectivity index (χ3v) is 3.93. The van der Waals surface area contributed by atoms with Crippen molar-refractivity contribution < 1.29 is 4.79 Å². The van der Waals surface area contributed by atoms with Gasteiger partial charge < -0.3 is 10.2 Å². The van der Waals surface area contributed by atoms with E-state index in [4.69, 9.17) is 0 Å². The van der Waals surface area contributed by atoms with Crippen molar-refractivity contribution in [2.75, 3.05) is 18.5 Å². The van der Waals surface area contributed by atoms with E-state index in [9.17, 15) is 10.1 Å². The molecule has 4 nitrogen and oxygen atoms in total. The van der Waals surface area contributed by atoms with Crippen molar-refractivity contribution in [2.45, 2.75) is 25.3 Å². The highest BCUT2D eigenvalue weighted by Crippen LogP contribution is 2.30. The Morgan fingerprint density at radius 2 is 2.32 bits per heavy atom. The number of anilines is 1. The van der Waals surface area contributed by atoms with Gasteiger partial charge in [0.2, 0.25) is 5.91 Å². The van der Waals surface area contributed by atoms with Gasteiger partial charge in [-0.05, 0) is 37.5 Å². The van der Waals surface area contributed by atoms with E-state index >= 15 is 0 Å². The Balaban J connectivity index is 2.40. The average molecular weight is 322 g/mol. The second kappa shape index (κ2) is 6.07. The fourth-order valence-corrected chi connectivity index (χ4v) is 2.85. The maximum Gasteiger partial charge on any atom is 0.242 e. The lowest BCUT2D eigenvalue weighted by Gasteiger charge is -2.36. The molecule has 0 saturated carbocycles. The van der Waals surface area contributed by atoms with Crippen LogP contribution in [-0.4, -0.2) is 25.5 Å². The number of amides is 1. The maximum atomic E-state index is 12.0. The number of halogens is 1. The summed E-state index contributed by atoms with van der Waals surface area (Å²) in [6.45, 7) is 0.809. The quantitative estimate of drug-likeness (QED) is 0.910. The first kappa shape index (κ1) is 13.9. The number of benzene rings is 1. The molecular weight excluding hydrogens is 306 g/mol. The van der Waals surface area contributed by atoms with E-state index in [1.807, 2.05) is 17.0 Å². The minimum Gasteiger partial charge on any atom is -0.358 e. The Bertz CT molecular complexity index is 524. The van der Waals surface area contributed by atoms with Crippen LogP contribution < -0.4 is 10.2 Å². The van der Waals surface area contributed by atoms with Crippen LogP contribution in [0.1, 0.15) is 24.8 Å². The van der Waals surface area contributed by atoms with Gasteiger partial charge in [-0.15, -0.1) is 0 Å². The largest absolute Gasteiger partial charge is 0.358 e. The first-order valence-corrected chi connectivity index (χ1v) is 7.14. The van der Waals surface area contributed by atoms with E-state index in [1.54, 1.807) is 13.1 Å². The molecule has 0 bridgehead atoms. The maximum absolute atomic E-state index is 12.0. The first-order chi connectivity index (χ1) is 9.17. The lowest BCUT2D eigenvalue weighted by molar-refractivity contribution is -0.122. The molecular formula is C14H16BrN3O. The Morgan fingerprint density at radius 3 is 3.00 bits per heavy atom. The Kier molecular flexibility index (Phi) is 4.43. The van der Waals surface area contributed by atoms with Gasteiger partial charge in [0.05, 0.1) is 11.3 Å². The molecule has 0 aliphatic carbocycles. The highest BCUT2D eigenvalue weighted by molar-refractivity contribution is 9.10. The molecule has 1 heterocycles. The summed E-state index contributed by atoms with van der Waals surface area (Å²) in [6, 6.07) is 7.57. The summed E-state index contributed by atoms with van der Waals surface area (Å²) in [4.78, 5) is 14.0. The highest BCUT2D eigenvalue weighted by atomic mass is 79.9. The van der Waals surface area contributed by atoms with E-state index < -0.39 is 0 Å². The number of piperidine rings is 1. The van der Waals surface area contributed by atoms with Crippen LogP contribution in [0.3, 0.4) is 0 Å². The lowest BCUT2D eigenvalue weighted by atomic mass is 9.99. The van der Waals surface area contributed by atoms with Crippen molar-refractivity contribution >= 4 is 27.5 Å². The third kappa shape index (κ3) is 2.90. The summed E-state index contributed by atoms with van der Waals surface area (Å²) in [6.07, 6.45) is 2.92. The number of nitrogens with one attached hydrogen (secondary N) is 1. The molecule has 0 spiro atoms. The van der Waals surface area contributed by atoms with Crippen molar-refractivity contribution in [2.24, 2.45) is 0 Å². The number of nitrogens with zero attached hydrogens (tertiary/aromatic N) is 2. The van der Waals surface area contributed by atoms with E-state index in [-0.39, 0.29) is 11.9 Å². The number of hydrogen-bond acceptors (Lipinski definition) is 3. The van der Waals surface area contributed by atoms with Crippen LogP contribution in [-0.2, 0) is 4.79 Å². The first-order valence-electron chi connectivity index (χ1n) is 6.35. The second-order valence-corrected chi connectivity index (χ2v) is 5.51. The van der Waals surface area contributed by atoms with Gasteiger partial charge in [-0.2, -0.15) is 5.26 Å². The van der Waals surface area contributed by atoms with Gasteiger partial charge in [0.15, 0.2) is 0 Å². The normalized spacial score (nSPS) is 18.8. The number of carbonyl (C=O) groups is 1. The van der Waals surface area contributed by atoms with Crippen molar-refractivity contribution in [3.05, 3.63) is 28.2 Å². The molecule has 5 heteroatoms. The Morgan fingerprint density at radius 1 is 1.53 bits per heavy atom. The molecule has 1 saturated heterocycles. The minimum absolute atomic E-state index is 0.0172. The summed E-state index contributed by atoms with van der Waals surface area (Å²) in [5.74, 6) is 0.0172. The van der Waals surface area contributed by atoms with Gasteiger partial charge in [-0.3, -0.25) is 4.79 Å². The second-order valence-electron chi connectivity index (χ2n) is 4.59. The number of hydrogen-bond donors (Lipinski definition) is 1. The number of carbonyl (C=O) groups excluding carboxylic acids is 1. The van der Waals surface area contributed by atoms with Crippen molar-refractivity contribution in [3.8, 4) is 6.07 Å². The molecule has 0 aromatic heterocycles. The Labute approximate surface area is 121 Å². The van der Waals surface area contributed by atoms with E-state index in [0.717, 1.165) is 36.0 Å². The van der Waals surface area contributed by atoms with Gasteiger partial charge in [-0.1, -0.05) is 15.9 Å². The molecule has 1 aromatic rings. The van der Waals surface area contributed by atoms with Crippen LogP contribution >= 0.6 is 15.9 Å². The summed E-state index contributed by atoms with van der Waals surface area (Å²) in [5, 5.41) is 11.9. The van der Waals surface area contributed by atoms with Crippen LogP contribution in [0.15, 0.2) is 22.7 Å². The predicted octanol–water partition coefficient (Wildman–Crippen LogP) is 2.43. The van der Waals surface area contributed by atoms with Gasteiger partial charge >= 0.3 is 0 Å². The smallest absolute Gasteiger partial charge is 0.242 e. The van der Waals surface area contributed by atoms with E-state index in [0.29, 0.717) is 5.56 Å². The fourth-order valence-electron chi connectivity index (χ4n) is 2.50. The topological polar surface area (TPSA) is 56.1 Å². The summed E-state index contributed by atoms with van der Waals surface area (Å²) >= 11 is 3.43. The zero-order valence-corrected chi connectivity index (χ0v) is 12.4. The van der Waals surface area contributed by atoms with Gasteiger partial charge in [-0.25, -0.2) is 0 Å². The molecule has 1 amide bonds. The molecule has 0 radical (unpaired) electrons. The molecule has 1 atom stereocenters. The molecule has 100 valence electrons. The van der Waals surface area contributed by atoms with E-state index in [2.05, 4.69) is 27.3 Å². The molecule has 1 aromatic carbocycles. The molecule has 1 aliphatic heterocycles. The lowest BCUT2D eigenvalue weighted by Crippen LogP contribution is -2.49. The van der Waals surface area contributed by atoms with Crippen molar-refractivity contribution in [3.63, 3.8) is 0 Å². The Hall–Kier alpha value is -1.54. The van der Waals surface area contributed by atoms with Crippen LogP contribution in [0.4, 0.5) is 5.69 Å². The van der Waals surface area contributed by atoms with Crippen molar-refractivity contribution in [1.82, 2.24) is 5.32 Å². The molecule has 2 rings (SSSR count). The van der Waals surface area contributed by atoms with Crippen molar-refractivity contribution in [1.29, 1.82) is 5.26 Å². The van der Waals surface area contributed by atoms with Gasteiger partial charge in [0, 0.05) is 18.1 Å². The monoisotopic (exact) mass is 321 g/mol. The van der Waals surface area contributed by atoms with Crippen LogP contribution in [0.5, 0.6) is 0 Å². The van der Waals surface area contributed by atoms with Gasteiger partial charge in [0.25, 0.3) is 0 Å². The fraction of sp³-hybridized carbons (Fsp3) is 0.429. The average Bonchev–Trinajstić information content (AvgIpc) is 2.46. The van der Waals surface area contributed by atoms with E-state index in [1.165, 1.54) is 0 Å². The number of rotatable bonds is 2. The number of likely N-dealkylation sites (N-methyl/N-ethyl adjacent to an activating group) is 1. The molecule has 1 fully saturated rings. The number of nitriles is 1. The predicted molar refractivity (Wildman–Crippen MR) is 77.9 cm³/mol. The van der Waals surface area contributed by atoms with Crippen LogP contribution in [0.2, 0.25) is 0 Å². The summed E-state index contributed by atoms with van der Waals surface area (Å²) in [5.41, 5.74) is 1.45. The van der Waals surface area contributed by atoms with Gasteiger partial charge in [0.1, 0.15) is 12.1 Å². The molecule has 19 heavy (non-hydrogen) atoms. The van der Waals surface area contributed by atoms with Crippen LogP contribution in [0, 0.1) is 11.3 Å².